The maximum Gasteiger partial charge on any atom is 0.244 e. The summed E-state index contributed by atoms with van der Waals surface area (Å²) < 4.78 is 32.0. The van der Waals surface area contributed by atoms with Gasteiger partial charge < -0.3 is 9.64 Å². The lowest BCUT2D eigenvalue weighted by Gasteiger charge is -2.24. The number of ether oxygens (including phenoxy) is 1. The van der Waals surface area contributed by atoms with Crippen LogP contribution in [-0.4, -0.2) is 63.3 Å². The summed E-state index contributed by atoms with van der Waals surface area (Å²) >= 11 is 1.35. The minimum Gasteiger partial charge on any atom is -0.497 e. The second kappa shape index (κ2) is 10.4. The molecule has 0 N–H and O–H groups in total. The van der Waals surface area contributed by atoms with Gasteiger partial charge in [0.15, 0.2) is 15.0 Å². The molecule has 9 heteroatoms. The average Bonchev–Trinajstić information content (AvgIpc) is 3.19. The Morgan fingerprint density at radius 1 is 1.06 bits per heavy atom. The lowest BCUT2D eigenvalue weighted by atomic mass is 10.2. The Kier molecular flexibility index (Phi) is 7.86. The maximum atomic E-state index is 13.3. The molecule has 0 aliphatic rings. The van der Waals surface area contributed by atoms with Crippen molar-refractivity contribution < 1.29 is 17.9 Å². The van der Waals surface area contributed by atoms with Crippen molar-refractivity contribution in [3.05, 3.63) is 48.0 Å². The number of rotatable bonds is 10. The zero-order valence-electron chi connectivity index (χ0n) is 18.9. The number of sulfone groups is 1. The molecule has 172 valence electrons. The Hall–Kier alpha value is -2.49. The number of methoxy groups -OCH3 is 1. The number of thiazole rings is 1. The number of carbonyl (C=O) groups is 1. The van der Waals surface area contributed by atoms with Crippen LogP contribution in [0.2, 0.25) is 0 Å². The third kappa shape index (κ3) is 5.65. The van der Waals surface area contributed by atoms with E-state index in [0.717, 1.165) is 28.9 Å². The molecular weight excluding hydrogens is 446 g/mol. The topological polar surface area (TPSA) is 79.8 Å². The SMILES string of the molecule is CCN(CC)CCN(C(=O)CS(=O)(=O)c1ccc(C)cc1)c1nc2ccc(OC)cc2s1. The van der Waals surface area contributed by atoms with Crippen LogP contribution in [0.1, 0.15) is 19.4 Å². The molecule has 0 saturated heterocycles. The van der Waals surface area contributed by atoms with Gasteiger partial charge in [-0.3, -0.25) is 9.69 Å². The Bertz CT molecular complexity index is 1170. The number of fused-ring (bicyclic) bond motifs is 1. The summed E-state index contributed by atoms with van der Waals surface area (Å²) in [6, 6.07) is 12.1. The van der Waals surface area contributed by atoms with Gasteiger partial charge in [0.05, 0.1) is 22.2 Å². The highest BCUT2D eigenvalue weighted by molar-refractivity contribution is 7.92. The van der Waals surface area contributed by atoms with Crippen LogP contribution in [0.4, 0.5) is 5.13 Å². The number of aryl methyl sites for hydroxylation is 1. The van der Waals surface area contributed by atoms with Crippen LogP contribution in [0.25, 0.3) is 10.2 Å². The van der Waals surface area contributed by atoms with E-state index in [-0.39, 0.29) is 4.90 Å². The van der Waals surface area contributed by atoms with E-state index in [0.29, 0.717) is 24.0 Å². The molecule has 0 aliphatic carbocycles. The molecule has 0 radical (unpaired) electrons. The largest absolute Gasteiger partial charge is 0.497 e. The van der Waals surface area contributed by atoms with Crippen molar-refractivity contribution in [2.45, 2.75) is 25.7 Å². The summed E-state index contributed by atoms with van der Waals surface area (Å²) in [5.41, 5.74) is 1.70. The van der Waals surface area contributed by atoms with Gasteiger partial charge >= 0.3 is 0 Å². The minimum absolute atomic E-state index is 0.147. The molecule has 3 rings (SSSR count). The van der Waals surface area contributed by atoms with E-state index in [1.165, 1.54) is 16.2 Å². The quantitative estimate of drug-likeness (QED) is 0.444. The Balaban J connectivity index is 1.91. The predicted molar refractivity (Wildman–Crippen MR) is 130 cm³/mol. The highest BCUT2D eigenvalue weighted by atomic mass is 32.2. The molecule has 1 amide bonds. The molecule has 32 heavy (non-hydrogen) atoms. The number of nitrogens with zero attached hydrogens (tertiary/aromatic N) is 3. The number of benzene rings is 2. The van der Waals surface area contributed by atoms with E-state index >= 15 is 0 Å². The van der Waals surface area contributed by atoms with Crippen LogP contribution in [-0.2, 0) is 14.6 Å². The van der Waals surface area contributed by atoms with Gasteiger partial charge in [-0.15, -0.1) is 0 Å². The molecule has 0 spiro atoms. The highest BCUT2D eigenvalue weighted by Gasteiger charge is 2.27. The van der Waals surface area contributed by atoms with E-state index in [1.54, 1.807) is 31.4 Å². The normalized spacial score (nSPS) is 11.8. The predicted octanol–water partition coefficient (Wildman–Crippen LogP) is 3.76. The second-order valence-corrected chi connectivity index (χ2v) is 10.5. The summed E-state index contributed by atoms with van der Waals surface area (Å²) in [5, 5.41) is 0.490. The smallest absolute Gasteiger partial charge is 0.244 e. The number of likely N-dealkylation sites (N-methyl/N-ethyl adjacent to an activating group) is 1. The zero-order chi connectivity index (χ0) is 23.3. The van der Waals surface area contributed by atoms with E-state index in [9.17, 15) is 13.2 Å². The van der Waals surface area contributed by atoms with Crippen molar-refractivity contribution in [2.75, 3.05) is 43.9 Å². The number of anilines is 1. The molecule has 1 aromatic heterocycles. The van der Waals surface area contributed by atoms with Crippen molar-refractivity contribution in [3.63, 3.8) is 0 Å². The first-order chi connectivity index (χ1) is 15.3. The maximum absolute atomic E-state index is 13.3. The molecule has 3 aromatic rings. The molecule has 0 unspecified atom stereocenters. The Morgan fingerprint density at radius 3 is 2.38 bits per heavy atom. The molecule has 0 fully saturated rings. The summed E-state index contributed by atoms with van der Waals surface area (Å²) in [4.78, 5) is 21.7. The van der Waals surface area contributed by atoms with Crippen LogP contribution >= 0.6 is 11.3 Å². The fraction of sp³-hybridized carbons (Fsp3) is 0.391. The summed E-state index contributed by atoms with van der Waals surface area (Å²) in [6.07, 6.45) is 0. The first-order valence-electron chi connectivity index (χ1n) is 10.5. The van der Waals surface area contributed by atoms with Gasteiger partial charge in [-0.05, 0) is 50.3 Å². The lowest BCUT2D eigenvalue weighted by molar-refractivity contribution is -0.116. The van der Waals surface area contributed by atoms with Gasteiger partial charge in [0, 0.05) is 13.1 Å². The van der Waals surface area contributed by atoms with Gasteiger partial charge in [0.2, 0.25) is 5.91 Å². The molecule has 2 aromatic carbocycles. The number of amides is 1. The summed E-state index contributed by atoms with van der Waals surface area (Å²) in [5.74, 6) is -0.382. The molecule has 0 bridgehead atoms. The number of aromatic nitrogens is 1. The second-order valence-electron chi connectivity index (χ2n) is 7.47. The third-order valence-corrected chi connectivity index (χ3v) is 8.00. The van der Waals surface area contributed by atoms with Crippen LogP contribution in [0.3, 0.4) is 0 Å². The summed E-state index contributed by atoms with van der Waals surface area (Å²) in [6.45, 7) is 8.68. The van der Waals surface area contributed by atoms with Gasteiger partial charge in [0.25, 0.3) is 0 Å². The Morgan fingerprint density at radius 2 is 1.75 bits per heavy atom. The molecule has 0 aliphatic heterocycles. The van der Waals surface area contributed by atoms with Crippen molar-refractivity contribution in [1.29, 1.82) is 0 Å². The van der Waals surface area contributed by atoms with Crippen LogP contribution in [0.5, 0.6) is 5.75 Å². The summed E-state index contributed by atoms with van der Waals surface area (Å²) in [7, 11) is -2.17. The first kappa shape index (κ1) is 24.2. The van der Waals surface area contributed by atoms with Gasteiger partial charge in [0.1, 0.15) is 11.5 Å². The monoisotopic (exact) mass is 475 g/mol. The minimum atomic E-state index is -3.77. The van der Waals surface area contributed by atoms with E-state index < -0.39 is 21.5 Å². The molecule has 1 heterocycles. The van der Waals surface area contributed by atoms with Gasteiger partial charge in [-0.25, -0.2) is 13.4 Å². The third-order valence-electron chi connectivity index (χ3n) is 5.34. The standard InChI is InChI=1S/C23H29N3O4S2/c1-5-25(6-2)13-14-26(23-24-20-12-9-18(30-4)15-21(20)31-23)22(27)16-32(28,29)19-10-7-17(3)8-11-19/h7-12,15H,5-6,13-14,16H2,1-4H3. The van der Waals surface area contributed by atoms with Crippen molar-refractivity contribution in [1.82, 2.24) is 9.88 Å². The lowest BCUT2D eigenvalue weighted by Crippen LogP contribution is -2.41. The van der Waals surface area contributed by atoms with Crippen LogP contribution < -0.4 is 9.64 Å². The van der Waals surface area contributed by atoms with E-state index in [4.69, 9.17) is 4.74 Å². The first-order valence-corrected chi connectivity index (χ1v) is 13.0. The number of carbonyl (C=O) groups excluding carboxylic acids is 1. The number of hydrogen-bond acceptors (Lipinski definition) is 7. The fourth-order valence-corrected chi connectivity index (χ4v) is 5.55. The fourth-order valence-electron chi connectivity index (χ4n) is 3.31. The van der Waals surface area contributed by atoms with Crippen molar-refractivity contribution >= 4 is 42.4 Å². The molecule has 0 saturated carbocycles. The highest BCUT2D eigenvalue weighted by Crippen LogP contribution is 2.31. The van der Waals surface area contributed by atoms with Crippen LogP contribution in [0, 0.1) is 6.92 Å². The molecule has 0 atom stereocenters. The van der Waals surface area contributed by atoms with E-state index in [2.05, 4.69) is 23.7 Å². The van der Waals surface area contributed by atoms with Crippen molar-refractivity contribution in [3.8, 4) is 5.75 Å². The average molecular weight is 476 g/mol. The van der Waals surface area contributed by atoms with Gasteiger partial charge in [-0.1, -0.05) is 42.9 Å². The molecular formula is C23H29N3O4S2. The van der Waals surface area contributed by atoms with Gasteiger partial charge in [-0.2, -0.15) is 0 Å². The molecule has 7 nitrogen and oxygen atoms in total. The number of hydrogen-bond donors (Lipinski definition) is 0. The van der Waals surface area contributed by atoms with Crippen LogP contribution in [0.15, 0.2) is 47.4 Å². The Labute approximate surface area is 193 Å². The van der Waals surface area contributed by atoms with Crippen molar-refractivity contribution in [2.24, 2.45) is 0 Å². The van der Waals surface area contributed by atoms with E-state index in [1.807, 2.05) is 25.1 Å². The zero-order valence-corrected chi connectivity index (χ0v) is 20.5.